The van der Waals surface area contributed by atoms with E-state index in [1.54, 1.807) is 6.92 Å². The molecule has 0 aliphatic carbocycles. The molecule has 2 aromatic carbocycles. The van der Waals surface area contributed by atoms with Crippen molar-refractivity contribution in [1.82, 2.24) is 9.78 Å². The molecule has 0 spiro atoms. The second-order valence-corrected chi connectivity index (χ2v) is 6.38. The number of carbonyl (C=O) groups excluding carboxylic acids is 2. The highest BCUT2D eigenvalue weighted by atomic mass is 35.5. The van der Waals surface area contributed by atoms with Gasteiger partial charge in [0.2, 0.25) is 5.78 Å². The van der Waals surface area contributed by atoms with Crippen LogP contribution >= 0.6 is 11.6 Å². The number of para-hydroxylation sites is 1. The molecular weight excluding hydrogens is 402 g/mol. The number of esters is 1. The molecule has 1 heterocycles. The van der Waals surface area contributed by atoms with Crippen LogP contribution in [0.15, 0.2) is 54.6 Å². The van der Waals surface area contributed by atoms with Crippen LogP contribution in [0.5, 0.6) is 0 Å². The van der Waals surface area contributed by atoms with Crippen LogP contribution < -0.4 is 0 Å². The van der Waals surface area contributed by atoms with Crippen molar-refractivity contribution in [2.75, 3.05) is 6.61 Å². The minimum absolute atomic E-state index is 0.302. The van der Waals surface area contributed by atoms with Gasteiger partial charge in [0.05, 0.1) is 16.9 Å². The minimum atomic E-state index is -0.890. The quantitative estimate of drug-likeness (QED) is 0.336. The summed E-state index contributed by atoms with van der Waals surface area (Å²) >= 11 is 6.35. The Morgan fingerprint density at radius 3 is 2.62 bits per heavy atom. The molecule has 0 saturated heterocycles. The number of carbonyl (C=O) groups is 2. The highest BCUT2D eigenvalue weighted by molar-refractivity contribution is 6.31. The third-order valence-corrected chi connectivity index (χ3v) is 4.37. The molecule has 0 aliphatic heterocycles. The van der Waals surface area contributed by atoms with Crippen LogP contribution in [0, 0.1) is 18.6 Å². The molecule has 8 heteroatoms. The first kappa shape index (κ1) is 20.4. The van der Waals surface area contributed by atoms with Crippen LogP contribution in [0.3, 0.4) is 0 Å². The average molecular weight is 417 g/mol. The average Bonchev–Trinajstić information content (AvgIpc) is 3.00. The lowest BCUT2D eigenvalue weighted by molar-refractivity contribution is -0.136. The van der Waals surface area contributed by atoms with Crippen LogP contribution in [-0.2, 0) is 9.53 Å². The number of aryl methyl sites for hydroxylation is 1. The van der Waals surface area contributed by atoms with Gasteiger partial charge in [0.1, 0.15) is 16.8 Å². The lowest BCUT2D eigenvalue weighted by Gasteiger charge is -2.03. The predicted octanol–water partition coefficient (Wildman–Crippen LogP) is 4.55. The van der Waals surface area contributed by atoms with Crippen molar-refractivity contribution in [1.29, 1.82) is 0 Å². The van der Waals surface area contributed by atoms with Gasteiger partial charge >= 0.3 is 5.97 Å². The van der Waals surface area contributed by atoms with E-state index < -0.39 is 35.6 Å². The first-order chi connectivity index (χ1) is 13.9. The normalized spacial score (nSPS) is 11.0. The Morgan fingerprint density at radius 2 is 1.90 bits per heavy atom. The molecule has 0 N–H and O–H groups in total. The zero-order valence-electron chi connectivity index (χ0n) is 15.2. The third kappa shape index (κ3) is 4.75. The van der Waals surface area contributed by atoms with Gasteiger partial charge in [0.15, 0.2) is 6.61 Å². The molecule has 3 rings (SSSR count). The number of ketones is 1. The maximum atomic E-state index is 13.6. The van der Waals surface area contributed by atoms with E-state index in [4.69, 9.17) is 16.3 Å². The van der Waals surface area contributed by atoms with Crippen LogP contribution in [0.2, 0.25) is 5.15 Å². The number of Topliss-reactive ketones (excluding diaryl/α,β-unsaturated/α-hetero) is 1. The summed E-state index contributed by atoms with van der Waals surface area (Å²) in [5, 5.41) is 4.64. The van der Waals surface area contributed by atoms with Crippen molar-refractivity contribution in [2.45, 2.75) is 6.92 Å². The van der Waals surface area contributed by atoms with Gasteiger partial charge in [0, 0.05) is 11.6 Å². The van der Waals surface area contributed by atoms with E-state index >= 15 is 0 Å². The zero-order valence-corrected chi connectivity index (χ0v) is 16.0. The van der Waals surface area contributed by atoms with Crippen molar-refractivity contribution in [3.63, 3.8) is 0 Å². The molecule has 3 aromatic rings. The standard InChI is InChI=1S/C21H15ClF2N2O3/c1-13-16(21(22)26(25-13)15-5-3-2-4-6-15)8-10-20(28)29-12-19(27)17-11-14(23)7-9-18(17)24/h2-11H,12H2,1H3/b10-8+. The fourth-order valence-electron chi connectivity index (χ4n) is 2.57. The van der Waals surface area contributed by atoms with Gasteiger partial charge in [-0.25, -0.2) is 18.3 Å². The van der Waals surface area contributed by atoms with Gasteiger partial charge in [-0.1, -0.05) is 29.8 Å². The second kappa shape index (κ2) is 8.79. The third-order valence-electron chi connectivity index (χ3n) is 4.01. The Balaban J connectivity index is 1.68. The molecule has 148 valence electrons. The number of nitrogens with zero attached hydrogens (tertiary/aromatic N) is 2. The second-order valence-electron chi connectivity index (χ2n) is 6.03. The number of halogens is 3. The fraction of sp³-hybridized carbons (Fsp3) is 0.0952. The summed E-state index contributed by atoms with van der Waals surface area (Å²) in [6.07, 6.45) is 2.50. The summed E-state index contributed by atoms with van der Waals surface area (Å²) in [6.45, 7) is 1.01. The van der Waals surface area contributed by atoms with Crippen molar-refractivity contribution < 1.29 is 23.1 Å². The predicted molar refractivity (Wildman–Crippen MR) is 104 cm³/mol. The summed E-state index contributed by atoms with van der Waals surface area (Å²) < 4.78 is 33.1. The van der Waals surface area contributed by atoms with Crippen molar-refractivity contribution >= 4 is 29.4 Å². The highest BCUT2D eigenvalue weighted by Gasteiger charge is 2.15. The zero-order chi connectivity index (χ0) is 21.0. The Bertz CT molecular complexity index is 1090. The van der Waals surface area contributed by atoms with Crippen LogP contribution in [0.1, 0.15) is 21.6 Å². The van der Waals surface area contributed by atoms with Crippen molar-refractivity contribution in [3.8, 4) is 5.69 Å². The molecule has 0 unspecified atom stereocenters. The minimum Gasteiger partial charge on any atom is -0.454 e. The SMILES string of the molecule is Cc1nn(-c2ccccc2)c(Cl)c1/C=C/C(=O)OCC(=O)c1cc(F)ccc1F. The number of rotatable bonds is 6. The highest BCUT2D eigenvalue weighted by Crippen LogP contribution is 2.24. The number of hydrogen-bond donors (Lipinski definition) is 0. The summed E-state index contributed by atoms with van der Waals surface area (Å²) in [5.74, 6) is -3.34. The van der Waals surface area contributed by atoms with Crippen LogP contribution in [0.25, 0.3) is 11.8 Å². The van der Waals surface area contributed by atoms with E-state index in [1.165, 1.54) is 10.8 Å². The lowest BCUT2D eigenvalue weighted by atomic mass is 10.1. The summed E-state index contributed by atoms with van der Waals surface area (Å²) in [6, 6.07) is 11.7. The Hall–Kier alpha value is -3.32. The largest absolute Gasteiger partial charge is 0.454 e. The Labute approximate surface area is 170 Å². The van der Waals surface area contributed by atoms with Gasteiger partial charge in [-0.3, -0.25) is 4.79 Å². The Morgan fingerprint density at radius 1 is 1.17 bits per heavy atom. The first-order valence-corrected chi connectivity index (χ1v) is 8.88. The molecule has 0 saturated carbocycles. The molecule has 0 amide bonds. The van der Waals surface area contributed by atoms with Crippen LogP contribution in [-0.4, -0.2) is 28.1 Å². The number of ether oxygens (including phenoxy) is 1. The smallest absolute Gasteiger partial charge is 0.331 e. The van der Waals surface area contributed by atoms with Gasteiger partial charge in [-0.2, -0.15) is 5.10 Å². The summed E-state index contributed by atoms with van der Waals surface area (Å²) in [5.41, 5.74) is 1.37. The summed E-state index contributed by atoms with van der Waals surface area (Å²) in [7, 11) is 0. The van der Waals surface area contributed by atoms with Crippen molar-refractivity contribution in [3.05, 3.63) is 88.2 Å². The molecule has 5 nitrogen and oxygen atoms in total. The molecule has 0 radical (unpaired) electrons. The maximum absolute atomic E-state index is 13.6. The maximum Gasteiger partial charge on any atom is 0.331 e. The van der Waals surface area contributed by atoms with E-state index in [0.29, 0.717) is 16.4 Å². The lowest BCUT2D eigenvalue weighted by Crippen LogP contribution is -2.14. The molecule has 1 aromatic heterocycles. The van der Waals surface area contributed by atoms with E-state index in [0.717, 1.165) is 30.0 Å². The van der Waals surface area contributed by atoms with Crippen molar-refractivity contribution in [2.24, 2.45) is 0 Å². The number of aromatic nitrogens is 2. The number of hydrogen-bond acceptors (Lipinski definition) is 4. The fourth-order valence-corrected chi connectivity index (χ4v) is 2.90. The monoisotopic (exact) mass is 416 g/mol. The molecule has 0 aliphatic rings. The van der Waals surface area contributed by atoms with E-state index in [9.17, 15) is 18.4 Å². The van der Waals surface area contributed by atoms with Gasteiger partial charge < -0.3 is 4.74 Å². The van der Waals surface area contributed by atoms with E-state index in [2.05, 4.69) is 5.10 Å². The number of benzene rings is 2. The van der Waals surface area contributed by atoms with Gasteiger partial charge in [-0.05, 0) is 43.3 Å². The van der Waals surface area contributed by atoms with Crippen LogP contribution in [0.4, 0.5) is 8.78 Å². The topological polar surface area (TPSA) is 61.2 Å². The molecule has 29 heavy (non-hydrogen) atoms. The van der Waals surface area contributed by atoms with E-state index in [1.807, 2.05) is 30.3 Å². The summed E-state index contributed by atoms with van der Waals surface area (Å²) in [4.78, 5) is 23.8. The molecular formula is C21H15ClF2N2O3. The Kier molecular flexibility index (Phi) is 6.19. The first-order valence-electron chi connectivity index (χ1n) is 8.50. The molecule has 0 fully saturated rings. The van der Waals surface area contributed by atoms with E-state index in [-0.39, 0.29) is 0 Å². The van der Waals surface area contributed by atoms with Gasteiger partial charge in [0.25, 0.3) is 0 Å². The van der Waals surface area contributed by atoms with Gasteiger partial charge in [-0.15, -0.1) is 0 Å². The molecule has 0 bridgehead atoms. The molecule has 0 atom stereocenters.